The van der Waals surface area contributed by atoms with Crippen LogP contribution in [0.3, 0.4) is 0 Å². The summed E-state index contributed by atoms with van der Waals surface area (Å²) in [4.78, 5) is 42.0. The summed E-state index contributed by atoms with van der Waals surface area (Å²) in [5.41, 5.74) is 0.624. The molecular formula is C24H19N3O6. The summed E-state index contributed by atoms with van der Waals surface area (Å²) in [6.07, 6.45) is 3.03. The first-order valence-corrected chi connectivity index (χ1v) is 10.1. The van der Waals surface area contributed by atoms with Gasteiger partial charge in [0.1, 0.15) is 11.5 Å². The van der Waals surface area contributed by atoms with Gasteiger partial charge >= 0.3 is 0 Å². The second-order valence-corrected chi connectivity index (χ2v) is 7.18. The van der Waals surface area contributed by atoms with Crippen LogP contribution in [0.25, 0.3) is 5.76 Å². The van der Waals surface area contributed by atoms with E-state index in [0.717, 1.165) is 6.07 Å². The molecule has 2 aromatic carbocycles. The summed E-state index contributed by atoms with van der Waals surface area (Å²) in [6.45, 7) is 2.33. The van der Waals surface area contributed by atoms with Gasteiger partial charge in [0.25, 0.3) is 17.4 Å². The van der Waals surface area contributed by atoms with Crippen molar-refractivity contribution in [2.45, 2.75) is 13.0 Å². The number of nitrogens with zero attached hydrogens (tertiary/aromatic N) is 3. The predicted molar refractivity (Wildman–Crippen MR) is 120 cm³/mol. The van der Waals surface area contributed by atoms with Gasteiger partial charge in [0.05, 0.1) is 23.1 Å². The Morgan fingerprint density at radius 1 is 1.12 bits per heavy atom. The molecule has 9 nitrogen and oxygen atoms in total. The lowest BCUT2D eigenvalue weighted by Gasteiger charge is -2.25. The molecular weight excluding hydrogens is 426 g/mol. The van der Waals surface area contributed by atoms with Crippen LogP contribution in [-0.2, 0) is 9.59 Å². The van der Waals surface area contributed by atoms with Crippen molar-refractivity contribution in [1.29, 1.82) is 0 Å². The Bertz CT molecular complexity index is 1250. The largest absolute Gasteiger partial charge is 0.507 e. The van der Waals surface area contributed by atoms with Gasteiger partial charge < -0.3 is 9.84 Å². The number of hydrogen-bond donors (Lipinski definition) is 1. The van der Waals surface area contributed by atoms with E-state index in [1.54, 1.807) is 36.4 Å². The number of ketones is 1. The fourth-order valence-corrected chi connectivity index (χ4v) is 3.75. The number of aliphatic hydroxyl groups excluding tert-OH is 1. The van der Waals surface area contributed by atoms with Crippen LogP contribution in [0.15, 0.2) is 78.6 Å². The zero-order valence-electron chi connectivity index (χ0n) is 17.5. The van der Waals surface area contributed by atoms with Gasteiger partial charge in [-0.1, -0.05) is 12.1 Å². The highest BCUT2D eigenvalue weighted by Crippen LogP contribution is 2.42. The van der Waals surface area contributed by atoms with Crippen LogP contribution in [-0.4, -0.2) is 33.3 Å². The lowest BCUT2D eigenvalue weighted by Crippen LogP contribution is -2.29. The highest BCUT2D eigenvalue weighted by atomic mass is 16.6. The molecule has 0 radical (unpaired) electrons. The van der Waals surface area contributed by atoms with Gasteiger partial charge in [-0.25, -0.2) is 0 Å². The molecule has 1 N–H and O–H groups in total. The number of anilines is 1. The maximum Gasteiger partial charge on any atom is 0.300 e. The summed E-state index contributed by atoms with van der Waals surface area (Å²) < 4.78 is 5.45. The van der Waals surface area contributed by atoms with E-state index in [4.69, 9.17) is 4.74 Å². The highest BCUT2D eigenvalue weighted by Gasteiger charge is 2.47. The van der Waals surface area contributed by atoms with E-state index in [9.17, 15) is 24.8 Å². The summed E-state index contributed by atoms with van der Waals surface area (Å²) in [5.74, 6) is -1.61. The standard InChI is InChI=1S/C24H19N3O6/c1-2-33-19-8-6-17(7-9-19)26-21(15-10-12-25-13-11-15)20(23(29)24(26)30)22(28)16-4-3-5-18(14-16)27(31)32/h3-14,21,28H,2H2,1H3/b22-20-. The maximum absolute atomic E-state index is 13.1. The van der Waals surface area contributed by atoms with Crippen LogP contribution in [0.1, 0.15) is 24.1 Å². The van der Waals surface area contributed by atoms with Gasteiger partial charge in [0.2, 0.25) is 0 Å². The fourth-order valence-electron chi connectivity index (χ4n) is 3.75. The van der Waals surface area contributed by atoms with E-state index in [1.807, 2.05) is 6.92 Å². The highest BCUT2D eigenvalue weighted by molar-refractivity contribution is 6.51. The van der Waals surface area contributed by atoms with Crippen LogP contribution in [0.4, 0.5) is 11.4 Å². The van der Waals surface area contributed by atoms with Gasteiger partial charge in [0, 0.05) is 35.8 Å². The Kier molecular flexibility index (Phi) is 5.86. The number of benzene rings is 2. The van der Waals surface area contributed by atoms with Gasteiger partial charge in [-0.05, 0) is 48.9 Å². The number of aliphatic hydroxyl groups is 1. The number of Topliss-reactive ketones (excluding diaryl/α,β-unsaturated/α-hetero) is 1. The molecule has 1 aliphatic heterocycles. The lowest BCUT2D eigenvalue weighted by molar-refractivity contribution is -0.384. The number of hydrogen-bond acceptors (Lipinski definition) is 7. The van der Waals surface area contributed by atoms with Crippen molar-refractivity contribution in [3.05, 3.63) is 99.9 Å². The van der Waals surface area contributed by atoms with Crippen molar-refractivity contribution < 1.29 is 24.4 Å². The number of amides is 1. The van der Waals surface area contributed by atoms with E-state index in [1.165, 1.54) is 35.5 Å². The molecule has 4 rings (SSSR count). The first-order chi connectivity index (χ1) is 15.9. The minimum Gasteiger partial charge on any atom is -0.507 e. The number of nitro groups is 1. The number of aromatic nitrogens is 1. The van der Waals surface area contributed by atoms with Crippen molar-refractivity contribution in [3.63, 3.8) is 0 Å². The fraction of sp³-hybridized carbons (Fsp3) is 0.125. The van der Waals surface area contributed by atoms with E-state index in [2.05, 4.69) is 4.98 Å². The first-order valence-electron chi connectivity index (χ1n) is 10.1. The molecule has 1 atom stereocenters. The van der Waals surface area contributed by atoms with E-state index >= 15 is 0 Å². The molecule has 0 aliphatic carbocycles. The summed E-state index contributed by atoms with van der Waals surface area (Å²) >= 11 is 0. The van der Waals surface area contributed by atoms with E-state index < -0.39 is 28.4 Å². The molecule has 1 unspecified atom stereocenters. The normalized spacial score (nSPS) is 17.2. The Morgan fingerprint density at radius 3 is 2.45 bits per heavy atom. The summed E-state index contributed by atoms with van der Waals surface area (Å²) in [6, 6.07) is 14.3. The number of ether oxygens (including phenoxy) is 1. The SMILES string of the molecule is CCOc1ccc(N2C(=O)C(=O)/C(=C(\O)c3cccc([N+](=O)[O-])c3)C2c2ccncc2)cc1. The molecule has 166 valence electrons. The zero-order valence-corrected chi connectivity index (χ0v) is 17.5. The first kappa shape index (κ1) is 21.7. The van der Waals surface area contributed by atoms with Crippen LogP contribution < -0.4 is 9.64 Å². The summed E-state index contributed by atoms with van der Waals surface area (Å²) in [7, 11) is 0. The third-order valence-electron chi connectivity index (χ3n) is 5.22. The van der Waals surface area contributed by atoms with Crippen LogP contribution in [0.5, 0.6) is 5.75 Å². The monoisotopic (exact) mass is 445 g/mol. The van der Waals surface area contributed by atoms with Gasteiger partial charge in [-0.15, -0.1) is 0 Å². The summed E-state index contributed by atoms with van der Waals surface area (Å²) in [5, 5.41) is 22.2. The minimum atomic E-state index is -0.954. The third kappa shape index (κ3) is 4.03. The van der Waals surface area contributed by atoms with Gasteiger partial charge in [-0.2, -0.15) is 0 Å². The maximum atomic E-state index is 13.1. The van der Waals surface area contributed by atoms with Gasteiger partial charge in [0.15, 0.2) is 0 Å². The minimum absolute atomic E-state index is 0.0629. The number of carbonyl (C=O) groups excluding carboxylic acids is 2. The number of nitro benzene ring substituents is 1. The Morgan fingerprint density at radius 2 is 1.82 bits per heavy atom. The molecule has 2 heterocycles. The number of carbonyl (C=O) groups is 2. The quantitative estimate of drug-likeness (QED) is 0.200. The number of rotatable bonds is 6. The molecule has 1 aromatic heterocycles. The Balaban J connectivity index is 1.88. The van der Waals surface area contributed by atoms with E-state index in [0.29, 0.717) is 23.6 Å². The second kappa shape index (κ2) is 8.91. The van der Waals surface area contributed by atoms with Crippen molar-refractivity contribution in [1.82, 2.24) is 4.98 Å². The molecule has 9 heteroatoms. The van der Waals surface area contributed by atoms with Gasteiger partial charge in [-0.3, -0.25) is 29.6 Å². The number of pyridine rings is 1. The lowest BCUT2D eigenvalue weighted by atomic mass is 9.95. The molecule has 1 fully saturated rings. The average Bonchev–Trinajstić information content (AvgIpc) is 3.10. The molecule has 3 aromatic rings. The second-order valence-electron chi connectivity index (χ2n) is 7.18. The Hall–Kier alpha value is -4.53. The smallest absolute Gasteiger partial charge is 0.300 e. The predicted octanol–water partition coefficient (Wildman–Crippen LogP) is 4.01. The number of non-ortho nitro benzene ring substituents is 1. The molecule has 0 spiro atoms. The molecule has 1 amide bonds. The average molecular weight is 445 g/mol. The molecule has 0 saturated carbocycles. The van der Waals surface area contributed by atoms with Crippen molar-refractivity contribution >= 4 is 28.8 Å². The van der Waals surface area contributed by atoms with Crippen molar-refractivity contribution in [2.75, 3.05) is 11.5 Å². The van der Waals surface area contributed by atoms with E-state index in [-0.39, 0.29) is 16.8 Å². The third-order valence-corrected chi connectivity index (χ3v) is 5.22. The Labute approximate surface area is 188 Å². The molecule has 0 bridgehead atoms. The zero-order chi connectivity index (χ0) is 23.5. The van der Waals surface area contributed by atoms with Crippen molar-refractivity contribution in [3.8, 4) is 5.75 Å². The molecule has 1 saturated heterocycles. The van der Waals surface area contributed by atoms with Crippen LogP contribution >= 0.6 is 0 Å². The van der Waals surface area contributed by atoms with Crippen LogP contribution in [0.2, 0.25) is 0 Å². The molecule has 1 aliphatic rings. The van der Waals surface area contributed by atoms with Crippen molar-refractivity contribution in [2.24, 2.45) is 0 Å². The molecule has 33 heavy (non-hydrogen) atoms. The van der Waals surface area contributed by atoms with Crippen LogP contribution in [0, 0.1) is 10.1 Å². The topological polar surface area (TPSA) is 123 Å².